The van der Waals surface area contributed by atoms with E-state index in [1.165, 1.54) is 24.0 Å². The first-order chi connectivity index (χ1) is 29.0. The number of fused-ring (bicyclic) bond motifs is 1. The number of likely N-dealkylation sites (tertiary alicyclic amines) is 1. The Balaban J connectivity index is 0.844. The van der Waals surface area contributed by atoms with Crippen LogP contribution in [0.2, 0.25) is 0 Å². The van der Waals surface area contributed by atoms with Crippen LogP contribution >= 0.6 is 0 Å². The number of ether oxygens (including phenoxy) is 1. The van der Waals surface area contributed by atoms with Gasteiger partial charge in [-0.15, -0.1) is 0 Å². The molecule has 0 unspecified atom stereocenters. The average Bonchev–Trinajstić information content (AvgIpc) is 3.83. The largest absolute Gasteiger partial charge is 0.492 e. The number of urea groups is 1. The maximum absolute atomic E-state index is 15.2. The third kappa shape index (κ3) is 9.38. The second kappa shape index (κ2) is 17.9. The van der Waals surface area contributed by atoms with Crippen molar-refractivity contribution < 1.29 is 23.8 Å². The van der Waals surface area contributed by atoms with Crippen molar-refractivity contribution >= 4 is 28.7 Å². The molecule has 3 aromatic carbocycles. The Kier molecular flexibility index (Phi) is 12.3. The molecule has 2 aromatic heterocycles. The van der Waals surface area contributed by atoms with Gasteiger partial charge >= 0.3 is 6.03 Å². The minimum Gasteiger partial charge on any atom is -0.492 e. The van der Waals surface area contributed by atoms with E-state index in [1.807, 2.05) is 37.3 Å². The van der Waals surface area contributed by atoms with E-state index in [0.717, 1.165) is 91.5 Å². The molecule has 0 saturated carbocycles. The van der Waals surface area contributed by atoms with Gasteiger partial charge in [-0.05, 0) is 84.0 Å². The van der Waals surface area contributed by atoms with Crippen LogP contribution < -0.4 is 15.0 Å². The molecule has 3 amide bonds. The summed E-state index contributed by atoms with van der Waals surface area (Å²) in [6.45, 7) is 17.6. The van der Waals surface area contributed by atoms with E-state index in [9.17, 15) is 14.7 Å². The van der Waals surface area contributed by atoms with Gasteiger partial charge in [-0.25, -0.2) is 19.2 Å². The van der Waals surface area contributed by atoms with Crippen LogP contribution in [0.5, 0.6) is 5.75 Å². The van der Waals surface area contributed by atoms with Gasteiger partial charge in [-0.2, -0.15) is 0 Å². The first-order valence-electron chi connectivity index (χ1n) is 21.1. The van der Waals surface area contributed by atoms with Crippen LogP contribution in [0.1, 0.15) is 43.4 Å². The number of piperazine rings is 1. The summed E-state index contributed by atoms with van der Waals surface area (Å²) in [5, 5.41) is 14.2. The number of aliphatic hydroxyl groups is 1. The summed E-state index contributed by atoms with van der Waals surface area (Å²) in [5.74, 6) is 0.745. The van der Waals surface area contributed by atoms with E-state index in [-0.39, 0.29) is 24.3 Å². The third-order valence-electron chi connectivity index (χ3n) is 12.2. The minimum absolute atomic E-state index is 0.0542. The summed E-state index contributed by atoms with van der Waals surface area (Å²) in [7, 11) is 0. The second-order valence-corrected chi connectivity index (χ2v) is 16.9. The second-order valence-electron chi connectivity index (χ2n) is 16.9. The number of nitrogens with zero attached hydrogens (tertiary/aromatic N) is 6. The molecule has 3 aliphatic heterocycles. The molecule has 0 aliphatic carbocycles. The van der Waals surface area contributed by atoms with Crippen molar-refractivity contribution in [2.45, 2.75) is 52.7 Å². The molecule has 3 saturated heterocycles. The van der Waals surface area contributed by atoms with Crippen molar-refractivity contribution in [2.75, 3.05) is 63.9 Å². The van der Waals surface area contributed by atoms with Gasteiger partial charge in [-0.1, -0.05) is 44.7 Å². The lowest BCUT2D eigenvalue weighted by molar-refractivity contribution is -0.129. The quantitative estimate of drug-likeness (QED) is 0.119. The van der Waals surface area contributed by atoms with Gasteiger partial charge in [0.2, 0.25) is 5.91 Å². The van der Waals surface area contributed by atoms with Crippen LogP contribution in [0.15, 0.2) is 85.3 Å². The summed E-state index contributed by atoms with van der Waals surface area (Å²) in [6, 6.07) is 21.0. The molecule has 5 heterocycles. The predicted molar refractivity (Wildman–Crippen MR) is 232 cm³/mol. The molecule has 0 spiro atoms. The fourth-order valence-electron chi connectivity index (χ4n) is 8.75. The lowest BCUT2D eigenvalue weighted by Crippen LogP contribution is -2.47. The monoisotopic (exact) mass is 814 g/mol. The summed E-state index contributed by atoms with van der Waals surface area (Å²) < 4.78 is 21.3. The van der Waals surface area contributed by atoms with Crippen LogP contribution in [0.4, 0.5) is 14.9 Å². The molecule has 12 nitrogen and oxygen atoms in total. The fourth-order valence-corrected chi connectivity index (χ4v) is 8.75. The molecule has 2 atom stereocenters. The Labute approximate surface area is 351 Å². The van der Waals surface area contributed by atoms with Crippen LogP contribution in [0, 0.1) is 24.6 Å². The number of aromatic amines is 1. The molecule has 8 rings (SSSR count). The molecule has 3 N–H and O–H groups in total. The number of carbonyl (C=O) groups is 2. The molecule has 314 valence electrons. The zero-order valence-electron chi connectivity index (χ0n) is 34.8. The SMILES string of the molecule is C=C1CCN(c2ccc(OCCN3CCN(Cc4ccc(-c5cc6c(-c7cc(F)cc(CC(=O)N8C[C@H](CC(C)C)[C@@H](O)C8)c7C)ncnc6[nH]5)cc4)CC3)cc2)C(=O)N1. The molecule has 0 bridgehead atoms. The molecule has 60 heavy (non-hydrogen) atoms. The number of carbonyl (C=O) groups excluding carboxylic acids is 2. The first kappa shape index (κ1) is 41.1. The molecule has 3 aliphatic rings. The Morgan fingerprint density at radius 2 is 1.73 bits per heavy atom. The van der Waals surface area contributed by atoms with Gasteiger partial charge in [0.1, 0.15) is 30.1 Å². The third-order valence-corrected chi connectivity index (χ3v) is 12.2. The zero-order valence-corrected chi connectivity index (χ0v) is 34.8. The predicted octanol–water partition coefficient (Wildman–Crippen LogP) is 6.78. The number of benzene rings is 3. The van der Waals surface area contributed by atoms with Crippen LogP contribution in [0.25, 0.3) is 33.5 Å². The Morgan fingerprint density at radius 1 is 0.983 bits per heavy atom. The number of rotatable bonds is 13. The van der Waals surface area contributed by atoms with E-state index in [4.69, 9.17) is 4.74 Å². The van der Waals surface area contributed by atoms with Crippen LogP contribution in [-0.2, 0) is 17.8 Å². The highest BCUT2D eigenvalue weighted by Gasteiger charge is 2.34. The molecule has 5 aromatic rings. The maximum Gasteiger partial charge on any atom is 0.326 e. The number of anilines is 1. The lowest BCUT2D eigenvalue weighted by Gasteiger charge is -2.34. The van der Waals surface area contributed by atoms with Crippen molar-refractivity contribution in [2.24, 2.45) is 11.8 Å². The van der Waals surface area contributed by atoms with E-state index in [0.29, 0.717) is 54.6 Å². The zero-order chi connectivity index (χ0) is 41.9. The number of aliphatic hydroxyl groups excluding tert-OH is 1. The van der Waals surface area contributed by atoms with Crippen molar-refractivity contribution in [1.82, 2.24) is 35.0 Å². The van der Waals surface area contributed by atoms with Crippen LogP contribution in [-0.4, -0.2) is 112 Å². The van der Waals surface area contributed by atoms with E-state index in [1.54, 1.807) is 9.80 Å². The lowest BCUT2D eigenvalue weighted by atomic mass is 9.94. The van der Waals surface area contributed by atoms with Crippen molar-refractivity contribution in [3.8, 4) is 28.3 Å². The van der Waals surface area contributed by atoms with Crippen molar-refractivity contribution in [1.29, 1.82) is 0 Å². The normalized spacial score (nSPS) is 19.1. The van der Waals surface area contributed by atoms with Crippen molar-refractivity contribution in [3.05, 3.63) is 108 Å². The Hall–Kier alpha value is -5.63. The van der Waals surface area contributed by atoms with E-state index >= 15 is 4.39 Å². The molecule has 0 radical (unpaired) electrons. The average molecular weight is 815 g/mol. The number of hydrogen-bond acceptors (Lipinski definition) is 8. The summed E-state index contributed by atoms with van der Waals surface area (Å²) in [5.41, 5.74) is 8.02. The Bertz CT molecular complexity index is 2340. The number of aromatic nitrogens is 3. The number of hydrogen-bond donors (Lipinski definition) is 3. The van der Waals surface area contributed by atoms with Crippen molar-refractivity contribution in [3.63, 3.8) is 0 Å². The molecule has 13 heteroatoms. The Morgan fingerprint density at radius 3 is 2.47 bits per heavy atom. The van der Waals surface area contributed by atoms with Gasteiger partial charge in [-0.3, -0.25) is 19.5 Å². The van der Waals surface area contributed by atoms with Gasteiger partial charge in [0, 0.05) is 99.3 Å². The summed E-state index contributed by atoms with van der Waals surface area (Å²) in [6.07, 6.45) is 2.59. The minimum atomic E-state index is -0.536. The number of β-amino-alcohol motifs (C(OH)–C–C–N with tert-alkyl or cyclic N) is 1. The first-order valence-corrected chi connectivity index (χ1v) is 21.1. The smallest absolute Gasteiger partial charge is 0.326 e. The number of H-pyrrole nitrogens is 1. The van der Waals surface area contributed by atoms with Gasteiger partial charge in [0.05, 0.1) is 18.2 Å². The van der Waals surface area contributed by atoms with Gasteiger partial charge < -0.3 is 25.0 Å². The fraction of sp³-hybridized carbons (Fsp3) is 0.404. The number of nitrogens with one attached hydrogen (secondary N) is 2. The molecular formula is C47H55FN8O4. The molecular weight excluding hydrogens is 760 g/mol. The topological polar surface area (TPSA) is 130 Å². The van der Waals surface area contributed by atoms with E-state index in [2.05, 4.69) is 74.8 Å². The highest BCUT2D eigenvalue weighted by molar-refractivity contribution is 5.95. The summed E-state index contributed by atoms with van der Waals surface area (Å²) >= 11 is 0. The highest BCUT2D eigenvalue weighted by atomic mass is 19.1. The number of amides is 3. The molecule has 3 fully saturated rings. The van der Waals surface area contributed by atoms with Gasteiger partial charge in [0.25, 0.3) is 0 Å². The van der Waals surface area contributed by atoms with Gasteiger partial charge in [0.15, 0.2) is 0 Å². The standard InChI is InChI=1S/C47H55FN8O4/c1-30(2)21-36-27-55(28-43(36)57)44(58)23-35-22-37(48)24-40(32(35)4)45-41-25-42(52-46(41)50-29-49-45)34-7-5-33(6-8-34)26-54-17-15-53(16-18-54)19-20-60-39-11-9-38(10-12-39)56-14-13-31(3)51-47(56)59/h5-12,22,24-25,29-30,36,43,57H,3,13-21,23,26-28H2,1-2,4H3,(H,51,59)(H,49,50,52)/t36-,43-/m0/s1. The van der Waals surface area contributed by atoms with E-state index < -0.39 is 11.9 Å². The summed E-state index contributed by atoms with van der Waals surface area (Å²) in [4.78, 5) is 46.6. The highest BCUT2D eigenvalue weighted by Crippen LogP contribution is 2.34. The maximum atomic E-state index is 15.2. The number of halogens is 1. The van der Waals surface area contributed by atoms with Crippen LogP contribution in [0.3, 0.4) is 0 Å².